The van der Waals surface area contributed by atoms with Gasteiger partial charge in [-0.3, -0.25) is 0 Å². The number of carboxylic acids is 2. The first-order valence-electron chi connectivity index (χ1n) is 12.8. The van der Waals surface area contributed by atoms with Gasteiger partial charge in [0.2, 0.25) is 0 Å². The van der Waals surface area contributed by atoms with Crippen LogP contribution in [0.4, 0.5) is 0 Å². The highest BCUT2D eigenvalue weighted by molar-refractivity contribution is 5.89. The molecule has 0 aromatic heterocycles. The lowest BCUT2D eigenvalue weighted by atomic mass is 10.1. The molecule has 3 rings (SSSR count). The van der Waals surface area contributed by atoms with Gasteiger partial charge >= 0.3 is 11.9 Å². The quantitative estimate of drug-likeness (QED) is 0.294. The van der Waals surface area contributed by atoms with Crippen LogP contribution in [0.3, 0.4) is 0 Å². The number of carboxylic acid groups (broad SMARTS) is 2. The van der Waals surface area contributed by atoms with Gasteiger partial charge < -0.3 is 29.5 Å². The van der Waals surface area contributed by atoms with E-state index in [1.165, 1.54) is 37.9 Å². The Morgan fingerprint density at radius 3 is 2.11 bits per heavy atom. The van der Waals surface area contributed by atoms with Crippen LogP contribution in [-0.4, -0.2) is 78.8 Å². The van der Waals surface area contributed by atoms with Crippen LogP contribution in [-0.2, 0) is 9.59 Å². The van der Waals surface area contributed by atoms with Crippen molar-refractivity contribution in [3.05, 3.63) is 72.3 Å². The molecule has 0 bridgehead atoms. The van der Waals surface area contributed by atoms with Crippen molar-refractivity contribution in [1.29, 1.82) is 0 Å². The Morgan fingerprint density at radius 2 is 1.54 bits per heavy atom. The number of hydrogen-bond acceptors (Lipinski definition) is 6. The number of ether oxygens (including phenoxy) is 2. The number of piperidine rings is 1. The van der Waals surface area contributed by atoms with Crippen LogP contribution < -0.4 is 9.47 Å². The summed E-state index contributed by atoms with van der Waals surface area (Å²) in [7, 11) is 4.20. The minimum Gasteiger partial charge on any atom is -0.494 e. The average Bonchev–Trinajstić information content (AvgIpc) is 2.90. The van der Waals surface area contributed by atoms with Gasteiger partial charge in [-0.15, -0.1) is 0 Å². The Bertz CT molecular complexity index is 925. The first kappa shape index (κ1) is 29.9. The molecule has 0 spiro atoms. The van der Waals surface area contributed by atoms with Gasteiger partial charge in [0, 0.05) is 31.7 Å². The summed E-state index contributed by atoms with van der Waals surface area (Å²) >= 11 is 0. The van der Waals surface area contributed by atoms with Crippen LogP contribution in [0.25, 0.3) is 0 Å². The van der Waals surface area contributed by atoms with Gasteiger partial charge in [0.25, 0.3) is 0 Å². The van der Waals surface area contributed by atoms with Crippen molar-refractivity contribution in [1.82, 2.24) is 9.80 Å². The number of nitrogens with zero attached hydrogens (tertiary/aromatic N) is 2. The molecule has 1 aliphatic rings. The molecule has 8 nitrogen and oxygen atoms in total. The maximum atomic E-state index is 9.55. The zero-order valence-electron chi connectivity index (χ0n) is 21.9. The molecule has 1 atom stereocenters. The van der Waals surface area contributed by atoms with Crippen molar-refractivity contribution in [2.75, 3.05) is 46.9 Å². The SMILES string of the molecule is CN(C)CCC(Oc1ccccc1)c1ccc(OCCCN2CCCCC2)cc1.O=C(O)/C=C\C(=O)O. The first-order valence-corrected chi connectivity index (χ1v) is 12.8. The third-order valence-electron chi connectivity index (χ3n) is 5.82. The molecule has 0 aliphatic carbocycles. The van der Waals surface area contributed by atoms with Crippen LogP contribution in [0.1, 0.15) is 43.8 Å². The van der Waals surface area contributed by atoms with Gasteiger partial charge in [0.1, 0.15) is 17.6 Å². The molecule has 1 heterocycles. The van der Waals surface area contributed by atoms with E-state index in [0.29, 0.717) is 12.2 Å². The summed E-state index contributed by atoms with van der Waals surface area (Å²) < 4.78 is 12.3. The van der Waals surface area contributed by atoms with Crippen LogP contribution in [0.2, 0.25) is 0 Å². The van der Waals surface area contributed by atoms with E-state index in [1.807, 2.05) is 30.3 Å². The Kier molecular flexibility index (Phi) is 13.9. The third kappa shape index (κ3) is 13.5. The number of carbonyl (C=O) groups is 2. The van der Waals surface area contributed by atoms with Gasteiger partial charge in [-0.1, -0.05) is 36.8 Å². The van der Waals surface area contributed by atoms with E-state index >= 15 is 0 Å². The summed E-state index contributed by atoms with van der Waals surface area (Å²) in [5.41, 5.74) is 1.19. The molecule has 1 unspecified atom stereocenters. The highest BCUT2D eigenvalue weighted by Crippen LogP contribution is 2.26. The molecule has 0 amide bonds. The third-order valence-corrected chi connectivity index (χ3v) is 5.82. The Labute approximate surface area is 220 Å². The maximum Gasteiger partial charge on any atom is 0.328 e. The molecule has 2 N–H and O–H groups in total. The van der Waals surface area contributed by atoms with E-state index in [9.17, 15) is 9.59 Å². The van der Waals surface area contributed by atoms with Gasteiger partial charge in [0.05, 0.1) is 6.61 Å². The monoisotopic (exact) mass is 512 g/mol. The molecule has 8 heteroatoms. The van der Waals surface area contributed by atoms with E-state index in [0.717, 1.165) is 44.0 Å². The lowest BCUT2D eigenvalue weighted by Crippen LogP contribution is -2.31. The number of hydrogen-bond donors (Lipinski definition) is 2. The minimum atomic E-state index is -1.26. The predicted molar refractivity (Wildman–Crippen MR) is 144 cm³/mol. The summed E-state index contributed by atoms with van der Waals surface area (Å²) in [6.45, 7) is 5.41. The molecular weight excluding hydrogens is 472 g/mol. The van der Waals surface area contributed by atoms with E-state index in [-0.39, 0.29) is 6.10 Å². The average molecular weight is 513 g/mol. The minimum absolute atomic E-state index is 0.0351. The number of rotatable bonds is 13. The molecule has 1 fully saturated rings. The largest absolute Gasteiger partial charge is 0.494 e. The van der Waals surface area contributed by atoms with E-state index in [2.05, 4.69) is 48.2 Å². The number of aliphatic carboxylic acids is 2. The Morgan fingerprint density at radius 1 is 0.919 bits per heavy atom. The molecule has 0 radical (unpaired) electrons. The van der Waals surface area contributed by atoms with Gasteiger partial charge in [-0.25, -0.2) is 9.59 Å². The molecule has 37 heavy (non-hydrogen) atoms. The van der Waals surface area contributed by atoms with Crippen LogP contribution in [0, 0.1) is 0 Å². The first-order chi connectivity index (χ1) is 17.8. The molecule has 1 saturated heterocycles. The van der Waals surface area contributed by atoms with Crippen LogP contribution in [0.5, 0.6) is 11.5 Å². The zero-order chi connectivity index (χ0) is 26.9. The lowest BCUT2D eigenvalue weighted by Gasteiger charge is -2.26. The molecule has 2 aromatic rings. The summed E-state index contributed by atoms with van der Waals surface area (Å²) in [5.74, 6) is -0.660. The van der Waals surface area contributed by atoms with Crippen molar-refractivity contribution in [3.8, 4) is 11.5 Å². The van der Waals surface area contributed by atoms with E-state index in [1.54, 1.807) is 0 Å². The van der Waals surface area contributed by atoms with Crippen molar-refractivity contribution >= 4 is 11.9 Å². The fourth-order valence-electron chi connectivity index (χ4n) is 3.91. The van der Waals surface area contributed by atoms with Gasteiger partial charge in [0.15, 0.2) is 0 Å². The number of benzene rings is 2. The maximum absolute atomic E-state index is 9.55. The summed E-state index contributed by atoms with van der Waals surface area (Å²) in [4.78, 5) is 23.9. The van der Waals surface area contributed by atoms with Crippen molar-refractivity contribution in [2.24, 2.45) is 0 Å². The van der Waals surface area contributed by atoms with Crippen LogP contribution >= 0.6 is 0 Å². The predicted octanol–water partition coefficient (Wildman–Crippen LogP) is 4.73. The second-order valence-corrected chi connectivity index (χ2v) is 9.19. The van der Waals surface area contributed by atoms with Gasteiger partial charge in [-0.2, -0.15) is 0 Å². The number of likely N-dealkylation sites (tertiary alicyclic amines) is 1. The van der Waals surface area contributed by atoms with Gasteiger partial charge in [-0.05, 0) is 76.3 Å². The molecule has 0 saturated carbocycles. The van der Waals surface area contributed by atoms with E-state index < -0.39 is 11.9 Å². The smallest absolute Gasteiger partial charge is 0.328 e. The highest BCUT2D eigenvalue weighted by atomic mass is 16.5. The van der Waals surface area contributed by atoms with Crippen molar-refractivity contribution in [2.45, 2.75) is 38.2 Å². The van der Waals surface area contributed by atoms with Crippen molar-refractivity contribution in [3.63, 3.8) is 0 Å². The van der Waals surface area contributed by atoms with Crippen molar-refractivity contribution < 1.29 is 29.3 Å². The normalized spacial score (nSPS) is 14.6. The fraction of sp³-hybridized carbons (Fsp3) is 0.448. The Balaban J connectivity index is 0.000000521. The second kappa shape index (κ2) is 17.2. The summed E-state index contributed by atoms with van der Waals surface area (Å²) in [6, 6.07) is 18.5. The standard InChI is InChI=1S/C25H36N2O2.C4H4O4/c1-26(2)20-16-25(29-24-10-5-3-6-11-24)22-12-14-23(15-13-22)28-21-9-19-27-17-7-4-8-18-27;5-3(6)1-2-4(7)8/h3,5-6,10-15,25H,4,7-9,16-21H2,1-2H3;1-2H,(H,5,6)(H,7,8)/b;2-1-. The zero-order valence-corrected chi connectivity index (χ0v) is 21.9. The second-order valence-electron chi connectivity index (χ2n) is 9.19. The molecule has 2 aromatic carbocycles. The fourth-order valence-corrected chi connectivity index (χ4v) is 3.91. The Hall–Kier alpha value is -3.36. The highest BCUT2D eigenvalue weighted by Gasteiger charge is 2.14. The molecular formula is C29H40N2O6. The summed E-state index contributed by atoms with van der Waals surface area (Å²) in [5, 5.41) is 15.6. The molecule has 202 valence electrons. The van der Waals surface area contributed by atoms with E-state index in [4.69, 9.17) is 19.7 Å². The topological polar surface area (TPSA) is 99.5 Å². The van der Waals surface area contributed by atoms with Crippen LogP contribution in [0.15, 0.2) is 66.7 Å². The molecule has 1 aliphatic heterocycles. The summed E-state index contributed by atoms with van der Waals surface area (Å²) in [6.07, 6.45) is 7.27. The number of para-hydroxylation sites is 1. The lowest BCUT2D eigenvalue weighted by molar-refractivity contribution is -0.134.